The zero-order valence-electron chi connectivity index (χ0n) is 8.63. The minimum atomic E-state index is -3.74. The lowest BCUT2D eigenvalue weighted by Gasteiger charge is -2.07. The fourth-order valence-corrected chi connectivity index (χ4v) is 2.23. The number of benzene rings is 1. The van der Waals surface area contributed by atoms with E-state index < -0.39 is 27.3 Å². The molecule has 0 heterocycles. The van der Waals surface area contributed by atoms with Crippen LogP contribution in [0.4, 0.5) is 4.39 Å². The topological polar surface area (TPSA) is 63.2 Å². The van der Waals surface area contributed by atoms with E-state index >= 15 is 0 Å². The molecule has 0 radical (unpaired) electrons. The Kier molecular flexibility index (Phi) is 4.51. The predicted molar refractivity (Wildman–Crippen MR) is 66.4 cm³/mol. The van der Waals surface area contributed by atoms with E-state index in [2.05, 4.69) is 15.9 Å². The van der Waals surface area contributed by atoms with Crippen LogP contribution in [0.3, 0.4) is 0 Å². The van der Waals surface area contributed by atoms with Crippen LogP contribution in [0.25, 0.3) is 0 Å². The van der Waals surface area contributed by atoms with E-state index in [9.17, 15) is 17.6 Å². The van der Waals surface area contributed by atoms with Gasteiger partial charge in [0.25, 0.3) is 5.91 Å². The van der Waals surface area contributed by atoms with Gasteiger partial charge in [-0.3, -0.25) is 4.79 Å². The number of rotatable bonds is 3. The number of amides is 1. The smallest absolute Gasteiger partial charge is 0.267 e. The Morgan fingerprint density at radius 1 is 1.53 bits per heavy atom. The second kappa shape index (κ2) is 5.32. The minimum absolute atomic E-state index is 0.152. The molecule has 4 nitrogen and oxygen atoms in total. The zero-order valence-corrected chi connectivity index (χ0v) is 11.8. The van der Waals surface area contributed by atoms with Gasteiger partial charge in [0.05, 0.1) is 11.8 Å². The van der Waals surface area contributed by atoms with Crippen LogP contribution < -0.4 is 4.72 Å². The second-order valence-electron chi connectivity index (χ2n) is 3.26. The van der Waals surface area contributed by atoms with Crippen LogP contribution in [-0.2, 0) is 15.4 Å². The van der Waals surface area contributed by atoms with Crippen molar-refractivity contribution in [3.05, 3.63) is 34.1 Å². The standard InChI is InChI=1S/C9H8BrClFNO3S/c1-17(15,16)13-9(14)7-3-6(11)2-5(4-10)8(7)12/h2-3H,4H2,1H3,(H,13,14). The average Bonchev–Trinajstić information content (AvgIpc) is 2.18. The first-order chi connectivity index (χ1) is 7.74. The summed E-state index contributed by atoms with van der Waals surface area (Å²) < 4.78 is 37.1. The minimum Gasteiger partial charge on any atom is -0.268 e. The van der Waals surface area contributed by atoms with Crippen LogP contribution in [0.5, 0.6) is 0 Å². The van der Waals surface area contributed by atoms with Crippen molar-refractivity contribution in [1.82, 2.24) is 4.72 Å². The number of carbonyl (C=O) groups excluding carboxylic acids is 1. The molecule has 0 unspecified atom stereocenters. The first-order valence-electron chi connectivity index (χ1n) is 4.30. The second-order valence-corrected chi connectivity index (χ2v) is 6.01. The molecule has 0 aliphatic rings. The molecule has 0 saturated carbocycles. The molecule has 1 amide bonds. The van der Waals surface area contributed by atoms with Gasteiger partial charge < -0.3 is 0 Å². The third-order valence-electron chi connectivity index (χ3n) is 1.78. The molecule has 94 valence electrons. The fraction of sp³-hybridized carbons (Fsp3) is 0.222. The molecule has 1 N–H and O–H groups in total. The van der Waals surface area contributed by atoms with Crippen molar-refractivity contribution in [2.24, 2.45) is 0 Å². The van der Waals surface area contributed by atoms with Gasteiger partial charge >= 0.3 is 0 Å². The first-order valence-corrected chi connectivity index (χ1v) is 7.69. The number of hydrogen-bond donors (Lipinski definition) is 1. The molecule has 0 saturated heterocycles. The third kappa shape index (κ3) is 3.93. The molecule has 1 aromatic carbocycles. The summed E-state index contributed by atoms with van der Waals surface area (Å²) in [7, 11) is -3.74. The highest BCUT2D eigenvalue weighted by Crippen LogP contribution is 2.22. The van der Waals surface area contributed by atoms with Crippen LogP contribution in [0.1, 0.15) is 15.9 Å². The number of carbonyl (C=O) groups is 1. The van der Waals surface area contributed by atoms with E-state index in [-0.39, 0.29) is 15.9 Å². The van der Waals surface area contributed by atoms with Crippen LogP contribution in [-0.4, -0.2) is 20.6 Å². The highest BCUT2D eigenvalue weighted by atomic mass is 79.9. The van der Waals surface area contributed by atoms with Crippen molar-refractivity contribution in [3.8, 4) is 0 Å². The summed E-state index contributed by atoms with van der Waals surface area (Å²) in [4.78, 5) is 11.5. The number of alkyl halides is 1. The van der Waals surface area contributed by atoms with Crippen molar-refractivity contribution in [2.75, 3.05) is 6.26 Å². The molecule has 1 aromatic rings. The SMILES string of the molecule is CS(=O)(=O)NC(=O)c1cc(Cl)cc(CBr)c1F. The summed E-state index contributed by atoms with van der Waals surface area (Å²) in [5, 5.41) is 0.318. The monoisotopic (exact) mass is 343 g/mol. The molecular formula is C9H8BrClFNO3S. The quantitative estimate of drug-likeness (QED) is 0.854. The number of sulfonamides is 1. The number of halogens is 3. The van der Waals surface area contributed by atoms with Crippen LogP contribution >= 0.6 is 27.5 Å². The highest BCUT2D eigenvalue weighted by molar-refractivity contribution is 9.08. The maximum Gasteiger partial charge on any atom is 0.267 e. The van der Waals surface area contributed by atoms with E-state index in [0.717, 1.165) is 12.3 Å². The Labute approximate surface area is 111 Å². The Morgan fingerprint density at radius 2 is 2.12 bits per heavy atom. The van der Waals surface area contributed by atoms with Crippen molar-refractivity contribution in [3.63, 3.8) is 0 Å². The molecule has 0 aliphatic carbocycles. The fourth-order valence-electron chi connectivity index (χ4n) is 1.13. The van der Waals surface area contributed by atoms with E-state index in [1.807, 2.05) is 0 Å². The molecule has 0 aromatic heterocycles. The summed E-state index contributed by atoms with van der Waals surface area (Å²) in [5.41, 5.74) is -0.228. The molecule has 0 spiro atoms. The van der Waals surface area contributed by atoms with Gasteiger partial charge in [-0.25, -0.2) is 17.5 Å². The van der Waals surface area contributed by atoms with Crippen molar-refractivity contribution >= 4 is 43.5 Å². The molecule has 0 fully saturated rings. The van der Waals surface area contributed by atoms with Crippen molar-refractivity contribution in [1.29, 1.82) is 0 Å². The first kappa shape index (κ1) is 14.4. The molecule has 0 aliphatic heterocycles. The van der Waals surface area contributed by atoms with E-state index in [0.29, 0.717) is 0 Å². The zero-order chi connectivity index (χ0) is 13.2. The Bertz CT molecular complexity index is 562. The summed E-state index contributed by atoms with van der Waals surface area (Å²) in [6.45, 7) is 0. The Balaban J connectivity index is 3.22. The van der Waals surface area contributed by atoms with Gasteiger partial charge in [-0.15, -0.1) is 0 Å². The number of nitrogens with one attached hydrogen (secondary N) is 1. The van der Waals surface area contributed by atoms with Crippen molar-refractivity contribution in [2.45, 2.75) is 5.33 Å². The summed E-state index contributed by atoms with van der Waals surface area (Å²) in [6.07, 6.45) is 0.804. The molecule has 0 bridgehead atoms. The summed E-state index contributed by atoms with van der Waals surface area (Å²) in [6, 6.07) is 2.42. The van der Waals surface area contributed by atoms with Gasteiger partial charge in [0.2, 0.25) is 10.0 Å². The molecular weight excluding hydrogens is 337 g/mol. The maximum atomic E-state index is 13.7. The van der Waals surface area contributed by atoms with Crippen molar-refractivity contribution < 1.29 is 17.6 Å². The lowest BCUT2D eigenvalue weighted by Crippen LogP contribution is -2.30. The summed E-state index contributed by atoms with van der Waals surface area (Å²) >= 11 is 8.74. The third-order valence-corrected chi connectivity index (χ3v) is 3.16. The Morgan fingerprint density at radius 3 is 2.59 bits per heavy atom. The normalized spacial score (nSPS) is 11.3. The van der Waals surface area contributed by atoms with Gasteiger partial charge in [-0.2, -0.15) is 0 Å². The van der Waals surface area contributed by atoms with Crippen LogP contribution in [0.15, 0.2) is 12.1 Å². The van der Waals surface area contributed by atoms with E-state index in [1.54, 1.807) is 4.72 Å². The summed E-state index contributed by atoms with van der Waals surface area (Å²) in [5.74, 6) is -1.85. The van der Waals surface area contributed by atoms with Gasteiger partial charge in [0.15, 0.2) is 0 Å². The molecule has 8 heteroatoms. The molecule has 0 atom stereocenters. The average molecular weight is 345 g/mol. The van der Waals surface area contributed by atoms with E-state index in [4.69, 9.17) is 11.6 Å². The largest absolute Gasteiger partial charge is 0.268 e. The predicted octanol–water partition coefficient (Wildman–Crippen LogP) is 2.06. The van der Waals surface area contributed by atoms with Crippen LogP contribution in [0, 0.1) is 5.82 Å². The van der Waals surface area contributed by atoms with E-state index in [1.165, 1.54) is 6.07 Å². The molecule has 1 rings (SSSR count). The molecule has 17 heavy (non-hydrogen) atoms. The highest BCUT2D eigenvalue weighted by Gasteiger charge is 2.18. The van der Waals surface area contributed by atoms with Crippen LogP contribution in [0.2, 0.25) is 5.02 Å². The van der Waals surface area contributed by atoms with Gasteiger partial charge in [0, 0.05) is 15.9 Å². The van der Waals surface area contributed by atoms with Gasteiger partial charge in [-0.1, -0.05) is 27.5 Å². The van der Waals surface area contributed by atoms with Gasteiger partial charge in [0.1, 0.15) is 5.82 Å². The lowest BCUT2D eigenvalue weighted by molar-refractivity contribution is 0.0977. The van der Waals surface area contributed by atoms with Gasteiger partial charge in [-0.05, 0) is 12.1 Å². The maximum absolute atomic E-state index is 13.7. The number of hydrogen-bond acceptors (Lipinski definition) is 3. The lowest BCUT2D eigenvalue weighted by atomic mass is 10.1. The Hall–Kier alpha value is -0.660.